The lowest BCUT2D eigenvalue weighted by molar-refractivity contribution is 0.0697. The van der Waals surface area contributed by atoms with Gasteiger partial charge in [-0.2, -0.15) is 0 Å². The van der Waals surface area contributed by atoms with E-state index >= 15 is 0 Å². The van der Waals surface area contributed by atoms with Crippen molar-refractivity contribution in [2.45, 2.75) is 38.1 Å². The van der Waals surface area contributed by atoms with Gasteiger partial charge in [0.25, 0.3) is 0 Å². The van der Waals surface area contributed by atoms with Crippen molar-refractivity contribution in [3.8, 4) is 0 Å². The van der Waals surface area contributed by atoms with Crippen LogP contribution in [0.5, 0.6) is 0 Å². The lowest BCUT2D eigenvalue weighted by Gasteiger charge is -2.20. The van der Waals surface area contributed by atoms with Gasteiger partial charge in [0.1, 0.15) is 5.82 Å². The van der Waals surface area contributed by atoms with Gasteiger partial charge < -0.3 is 10.0 Å². The quantitative estimate of drug-likeness (QED) is 0.606. The summed E-state index contributed by atoms with van der Waals surface area (Å²) in [7, 11) is 2.05. The maximum atomic E-state index is 10.9. The zero-order chi connectivity index (χ0) is 17.7. The number of anilines is 1. The number of aromatic carboxylic acids is 1. The molecule has 0 aliphatic rings. The van der Waals surface area contributed by atoms with Gasteiger partial charge >= 0.3 is 5.97 Å². The molecule has 0 saturated carbocycles. The molecule has 1 heterocycles. The second kappa shape index (κ2) is 8.15. The van der Waals surface area contributed by atoms with E-state index < -0.39 is 5.97 Å². The monoisotopic (exact) mass is 345 g/mol. The van der Waals surface area contributed by atoms with Crippen molar-refractivity contribution in [3.63, 3.8) is 0 Å². The molecule has 0 amide bonds. The average molecular weight is 345 g/mol. The summed E-state index contributed by atoms with van der Waals surface area (Å²) in [6.45, 7) is 7.16. The van der Waals surface area contributed by atoms with Crippen molar-refractivity contribution in [1.82, 2.24) is 9.97 Å². The molecule has 6 heteroatoms. The molecule has 1 aromatic carbocycles. The van der Waals surface area contributed by atoms with Gasteiger partial charge in [-0.1, -0.05) is 30.8 Å². The van der Waals surface area contributed by atoms with E-state index in [1.54, 1.807) is 23.9 Å². The second-order valence-corrected chi connectivity index (χ2v) is 6.70. The summed E-state index contributed by atoms with van der Waals surface area (Å²) < 4.78 is 0. The van der Waals surface area contributed by atoms with Gasteiger partial charge in [0, 0.05) is 30.6 Å². The molecule has 0 atom stereocenters. The molecule has 1 N–H and O–H groups in total. The highest BCUT2D eigenvalue weighted by molar-refractivity contribution is 7.98. The number of aromatic nitrogens is 2. The van der Waals surface area contributed by atoms with Gasteiger partial charge in [0.05, 0.1) is 5.56 Å². The van der Waals surface area contributed by atoms with Gasteiger partial charge in [-0.3, -0.25) is 0 Å². The van der Waals surface area contributed by atoms with Crippen molar-refractivity contribution in [3.05, 3.63) is 46.6 Å². The Hall–Kier alpha value is -2.08. The zero-order valence-corrected chi connectivity index (χ0v) is 15.4. The van der Waals surface area contributed by atoms with Crippen LogP contribution in [0, 0.1) is 13.8 Å². The highest BCUT2D eigenvalue weighted by atomic mass is 32.2. The van der Waals surface area contributed by atoms with Crippen molar-refractivity contribution in [2.24, 2.45) is 0 Å². The minimum Gasteiger partial charge on any atom is -0.478 e. The number of nitrogens with zero attached hydrogens (tertiary/aromatic N) is 3. The summed E-state index contributed by atoms with van der Waals surface area (Å²) in [5.74, 6) is 0.780. The van der Waals surface area contributed by atoms with Crippen molar-refractivity contribution in [1.29, 1.82) is 0 Å². The molecule has 0 saturated heterocycles. The fraction of sp³-hybridized carbons (Fsp3) is 0.389. The molecule has 5 nitrogen and oxygen atoms in total. The molecular weight excluding hydrogens is 322 g/mol. The Morgan fingerprint density at radius 3 is 2.46 bits per heavy atom. The van der Waals surface area contributed by atoms with E-state index in [2.05, 4.69) is 30.8 Å². The van der Waals surface area contributed by atoms with Gasteiger partial charge in [0.2, 0.25) is 0 Å². The lowest BCUT2D eigenvalue weighted by atomic mass is 10.1. The fourth-order valence-corrected chi connectivity index (χ4v) is 3.20. The van der Waals surface area contributed by atoms with Crippen LogP contribution in [-0.2, 0) is 5.75 Å². The van der Waals surface area contributed by atoms with Crippen LogP contribution in [-0.4, -0.2) is 34.6 Å². The Bertz CT molecular complexity index is 717. The molecule has 0 radical (unpaired) electrons. The zero-order valence-electron chi connectivity index (χ0n) is 14.5. The minimum atomic E-state index is -0.907. The van der Waals surface area contributed by atoms with E-state index in [0.717, 1.165) is 40.8 Å². The van der Waals surface area contributed by atoms with E-state index in [9.17, 15) is 4.79 Å². The third-order valence-electron chi connectivity index (χ3n) is 3.83. The van der Waals surface area contributed by atoms with Crippen LogP contribution in [0.15, 0.2) is 29.4 Å². The summed E-state index contributed by atoms with van der Waals surface area (Å²) >= 11 is 1.56. The largest absolute Gasteiger partial charge is 0.478 e. The Morgan fingerprint density at radius 1 is 1.21 bits per heavy atom. The Kier molecular flexibility index (Phi) is 6.20. The van der Waals surface area contributed by atoms with Crippen LogP contribution < -0.4 is 4.90 Å². The van der Waals surface area contributed by atoms with E-state index in [4.69, 9.17) is 10.1 Å². The summed E-state index contributed by atoms with van der Waals surface area (Å²) in [6, 6.07) is 6.92. The highest BCUT2D eigenvalue weighted by Gasteiger charge is 2.12. The number of hydrogen-bond acceptors (Lipinski definition) is 5. The van der Waals surface area contributed by atoms with Gasteiger partial charge in [-0.05, 0) is 38.0 Å². The first-order chi connectivity index (χ1) is 11.4. The van der Waals surface area contributed by atoms with Crippen LogP contribution in [0.3, 0.4) is 0 Å². The molecule has 128 valence electrons. The maximum Gasteiger partial charge on any atom is 0.335 e. The SMILES string of the molecule is CCCN(C)c1nc(SCc2ccc(C(=O)O)cc2)nc(C)c1C. The Balaban J connectivity index is 2.13. The molecular formula is C18H23N3O2S. The summed E-state index contributed by atoms with van der Waals surface area (Å²) in [5.41, 5.74) is 3.46. The second-order valence-electron chi connectivity index (χ2n) is 5.75. The van der Waals surface area contributed by atoms with E-state index in [0.29, 0.717) is 11.3 Å². The number of benzene rings is 1. The summed E-state index contributed by atoms with van der Waals surface area (Å²) in [6.07, 6.45) is 1.07. The van der Waals surface area contributed by atoms with Crippen molar-refractivity contribution in [2.75, 3.05) is 18.5 Å². The topological polar surface area (TPSA) is 66.3 Å². The number of rotatable bonds is 7. The smallest absolute Gasteiger partial charge is 0.335 e. The summed E-state index contributed by atoms with van der Waals surface area (Å²) in [4.78, 5) is 22.3. The normalized spacial score (nSPS) is 10.7. The maximum absolute atomic E-state index is 10.9. The van der Waals surface area contributed by atoms with E-state index in [1.807, 2.05) is 19.1 Å². The number of carboxylic acid groups (broad SMARTS) is 1. The molecule has 0 spiro atoms. The third-order valence-corrected chi connectivity index (χ3v) is 4.75. The lowest BCUT2D eigenvalue weighted by Crippen LogP contribution is -2.21. The first-order valence-corrected chi connectivity index (χ1v) is 8.92. The molecule has 0 aliphatic heterocycles. The Labute approximate surface area is 147 Å². The van der Waals surface area contributed by atoms with Crippen LogP contribution in [0.2, 0.25) is 0 Å². The average Bonchev–Trinajstić information content (AvgIpc) is 2.56. The predicted octanol–water partition coefficient (Wildman–Crippen LogP) is 3.93. The number of carboxylic acids is 1. The van der Waals surface area contributed by atoms with Gasteiger partial charge in [0.15, 0.2) is 5.16 Å². The van der Waals surface area contributed by atoms with E-state index in [-0.39, 0.29) is 0 Å². The number of carbonyl (C=O) groups is 1. The van der Waals surface area contributed by atoms with Crippen LogP contribution >= 0.6 is 11.8 Å². The Morgan fingerprint density at radius 2 is 1.88 bits per heavy atom. The number of aryl methyl sites for hydroxylation is 1. The highest BCUT2D eigenvalue weighted by Crippen LogP contribution is 2.25. The standard InChI is InChI=1S/C18H23N3O2S/c1-5-10-21(4)16-12(2)13(3)19-18(20-16)24-11-14-6-8-15(9-7-14)17(22)23/h6-9H,5,10-11H2,1-4H3,(H,22,23). The molecule has 2 aromatic rings. The molecule has 0 bridgehead atoms. The molecule has 0 unspecified atom stereocenters. The minimum absolute atomic E-state index is 0.301. The molecule has 24 heavy (non-hydrogen) atoms. The predicted molar refractivity (Wildman–Crippen MR) is 98.0 cm³/mol. The van der Waals surface area contributed by atoms with Gasteiger partial charge in [-0.25, -0.2) is 14.8 Å². The number of thioether (sulfide) groups is 1. The van der Waals surface area contributed by atoms with Crippen molar-refractivity contribution >= 4 is 23.5 Å². The molecule has 1 aromatic heterocycles. The molecule has 0 fully saturated rings. The van der Waals surface area contributed by atoms with Crippen LogP contribution in [0.4, 0.5) is 5.82 Å². The molecule has 0 aliphatic carbocycles. The first kappa shape index (κ1) is 18.3. The molecule has 2 rings (SSSR count). The summed E-state index contributed by atoms with van der Waals surface area (Å²) in [5, 5.41) is 9.68. The third kappa shape index (κ3) is 4.47. The number of hydrogen-bond donors (Lipinski definition) is 1. The first-order valence-electron chi connectivity index (χ1n) is 7.93. The van der Waals surface area contributed by atoms with Gasteiger partial charge in [-0.15, -0.1) is 0 Å². The van der Waals surface area contributed by atoms with E-state index in [1.165, 1.54) is 0 Å². The van der Waals surface area contributed by atoms with Crippen molar-refractivity contribution < 1.29 is 9.90 Å². The fourth-order valence-electron chi connectivity index (χ4n) is 2.36. The van der Waals surface area contributed by atoms with Crippen LogP contribution in [0.25, 0.3) is 0 Å². The van der Waals surface area contributed by atoms with Crippen LogP contribution in [0.1, 0.15) is 40.5 Å².